The number of aromatic amines is 1. The fourth-order valence-corrected chi connectivity index (χ4v) is 4.99. The predicted molar refractivity (Wildman–Crippen MR) is 82.6 cm³/mol. The van der Waals surface area contributed by atoms with Gasteiger partial charge in [-0.1, -0.05) is 12.1 Å². The Morgan fingerprint density at radius 1 is 1.24 bits per heavy atom. The average molecular weight is 304 g/mol. The van der Waals surface area contributed by atoms with Gasteiger partial charge in [0.05, 0.1) is 10.9 Å². The van der Waals surface area contributed by atoms with Crippen molar-refractivity contribution in [1.29, 1.82) is 0 Å². The Kier molecular flexibility index (Phi) is 3.63. The highest BCUT2D eigenvalue weighted by molar-refractivity contribution is 7.89. The molecule has 0 radical (unpaired) electrons. The summed E-state index contributed by atoms with van der Waals surface area (Å²) in [6.07, 6.45) is 3.61. The Bertz CT molecular complexity index is 736. The number of sulfonamides is 1. The Hall–Kier alpha value is -1.59. The van der Waals surface area contributed by atoms with Crippen LogP contribution < -0.4 is 0 Å². The van der Waals surface area contributed by atoms with Crippen molar-refractivity contribution >= 4 is 10.0 Å². The second-order valence-electron chi connectivity index (χ2n) is 5.67. The van der Waals surface area contributed by atoms with Crippen LogP contribution in [-0.2, 0) is 10.0 Å². The summed E-state index contributed by atoms with van der Waals surface area (Å²) < 4.78 is 27.7. The first-order valence-corrected chi connectivity index (χ1v) is 8.66. The molecule has 112 valence electrons. The van der Waals surface area contributed by atoms with Gasteiger partial charge < -0.3 is 4.98 Å². The van der Waals surface area contributed by atoms with Crippen LogP contribution in [0.3, 0.4) is 0 Å². The number of rotatable bonds is 3. The van der Waals surface area contributed by atoms with Crippen LogP contribution >= 0.6 is 0 Å². The van der Waals surface area contributed by atoms with Gasteiger partial charge in [-0.3, -0.25) is 0 Å². The van der Waals surface area contributed by atoms with Crippen LogP contribution in [0.5, 0.6) is 0 Å². The van der Waals surface area contributed by atoms with Gasteiger partial charge in [-0.15, -0.1) is 0 Å². The lowest BCUT2D eigenvalue weighted by atomic mass is 10.2. The molecule has 1 N–H and O–H groups in total. The molecular formula is C16H20N2O2S. The van der Waals surface area contributed by atoms with Crippen molar-refractivity contribution in [3.8, 4) is 0 Å². The maximum atomic E-state index is 13.0. The molecule has 1 fully saturated rings. The van der Waals surface area contributed by atoms with Gasteiger partial charge in [0.15, 0.2) is 0 Å². The maximum Gasteiger partial charge on any atom is 0.243 e. The Morgan fingerprint density at radius 3 is 2.76 bits per heavy atom. The lowest BCUT2D eigenvalue weighted by molar-refractivity contribution is 0.391. The van der Waals surface area contributed by atoms with E-state index >= 15 is 0 Å². The van der Waals surface area contributed by atoms with Crippen LogP contribution in [0.1, 0.15) is 35.7 Å². The average Bonchev–Trinajstić information content (AvgIpc) is 3.10. The van der Waals surface area contributed by atoms with E-state index in [2.05, 4.69) is 4.98 Å². The second-order valence-corrected chi connectivity index (χ2v) is 7.53. The normalized spacial score (nSPS) is 20.0. The van der Waals surface area contributed by atoms with Gasteiger partial charge in [-0.25, -0.2) is 8.42 Å². The van der Waals surface area contributed by atoms with E-state index in [-0.39, 0.29) is 6.04 Å². The van der Waals surface area contributed by atoms with Crippen molar-refractivity contribution in [2.24, 2.45) is 0 Å². The minimum Gasteiger partial charge on any atom is -0.364 e. The van der Waals surface area contributed by atoms with Crippen LogP contribution in [0.2, 0.25) is 0 Å². The quantitative estimate of drug-likeness (QED) is 0.947. The van der Waals surface area contributed by atoms with Crippen LogP contribution in [0.15, 0.2) is 41.4 Å². The zero-order valence-corrected chi connectivity index (χ0v) is 13.2. The molecule has 1 aliphatic rings. The molecule has 3 rings (SSSR count). The second kappa shape index (κ2) is 5.31. The van der Waals surface area contributed by atoms with E-state index in [1.54, 1.807) is 10.4 Å². The summed E-state index contributed by atoms with van der Waals surface area (Å²) in [6.45, 7) is 4.36. The monoisotopic (exact) mass is 304 g/mol. The molecule has 0 saturated carbocycles. The first-order chi connectivity index (χ1) is 10.00. The van der Waals surface area contributed by atoms with Crippen LogP contribution in [0.4, 0.5) is 0 Å². The summed E-state index contributed by atoms with van der Waals surface area (Å²) in [7, 11) is -3.45. The number of aryl methyl sites for hydroxylation is 2. The minimum atomic E-state index is -3.45. The lowest BCUT2D eigenvalue weighted by Crippen LogP contribution is -2.31. The molecule has 1 aliphatic heterocycles. The third kappa shape index (κ3) is 2.51. The van der Waals surface area contributed by atoms with Crippen molar-refractivity contribution in [3.63, 3.8) is 0 Å². The summed E-state index contributed by atoms with van der Waals surface area (Å²) in [5.41, 5.74) is 2.74. The summed E-state index contributed by atoms with van der Waals surface area (Å²) in [5.74, 6) is 0. The first-order valence-electron chi connectivity index (χ1n) is 7.22. The summed E-state index contributed by atoms with van der Waals surface area (Å²) in [6, 6.07) is 9.39. The zero-order valence-electron chi connectivity index (χ0n) is 12.3. The van der Waals surface area contributed by atoms with Crippen LogP contribution in [-0.4, -0.2) is 24.3 Å². The highest BCUT2D eigenvalue weighted by atomic mass is 32.2. The molecule has 2 aromatic rings. The largest absolute Gasteiger partial charge is 0.364 e. The number of hydrogen-bond acceptors (Lipinski definition) is 2. The van der Waals surface area contributed by atoms with E-state index in [9.17, 15) is 8.42 Å². The van der Waals surface area contributed by atoms with Gasteiger partial charge >= 0.3 is 0 Å². The molecule has 5 heteroatoms. The molecule has 2 heterocycles. The molecule has 4 nitrogen and oxygen atoms in total. The molecule has 1 atom stereocenters. The van der Waals surface area contributed by atoms with Crippen molar-refractivity contribution in [3.05, 3.63) is 53.3 Å². The van der Waals surface area contributed by atoms with Crippen molar-refractivity contribution < 1.29 is 8.42 Å². The molecule has 0 bridgehead atoms. The molecule has 0 aliphatic carbocycles. The number of nitrogens with zero attached hydrogens (tertiary/aromatic N) is 1. The van der Waals surface area contributed by atoms with Crippen molar-refractivity contribution in [2.45, 2.75) is 37.6 Å². The minimum absolute atomic E-state index is 0.0788. The fourth-order valence-electron chi connectivity index (χ4n) is 3.00. The van der Waals surface area contributed by atoms with Crippen molar-refractivity contribution in [2.75, 3.05) is 6.54 Å². The van der Waals surface area contributed by atoms with Gasteiger partial charge in [0.25, 0.3) is 0 Å². The smallest absolute Gasteiger partial charge is 0.243 e. The lowest BCUT2D eigenvalue weighted by Gasteiger charge is -2.24. The topological polar surface area (TPSA) is 53.2 Å². The highest BCUT2D eigenvalue weighted by Crippen LogP contribution is 2.36. The molecule has 1 aromatic heterocycles. The molecule has 21 heavy (non-hydrogen) atoms. The van der Waals surface area contributed by atoms with Crippen molar-refractivity contribution in [1.82, 2.24) is 9.29 Å². The number of H-pyrrole nitrogens is 1. The van der Waals surface area contributed by atoms with Crippen LogP contribution in [0.25, 0.3) is 0 Å². The number of nitrogens with one attached hydrogen (secondary N) is 1. The standard InChI is InChI=1S/C16H20N2O2S/c1-12-7-8-13(2)16(11-12)21(19,20)18-10-4-6-15(18)14-5-3-9-17-14/h3,5,7-9,11,15,17H,4,6,10H2,1-2H3. The van der Waals surface area contributed by atoms with E-state index in [4.69, 9.17) is 0 Å². The Morgan fingerprint density at radius 2 is 2.05 bits per heavy atom. The third-order valence-corrected chi connectivity index (χ3v) is 6.17. The number of hydrogen-bond donors (Lipinski definition) is 1. The summed E-state index contributed by atoms with van der Waals surface area (Å²) in [4.78, 5) is 3.58. The number of aromatic nitrogens is 1. The van der Waals surface area contributed by atoms with Gasteiger partial charge in [0.1, 0.15) is 0 Å². The molecule has 0 spiro atoms. The molecular weight excluding hydrogens is 284 g/mol. The predicted octanol–water partition coefficient (Wildman–Crippen LogP) is 3.16. The van der Waals surface area contributed by atoms with E-state index in [1.807, 2.05) is 44.3 Å². The van der Waals surface area contributed by atoms with Gasteiger partial charge in [-0.2, -0.15) is 4.31 Å². The van der Waals surface area contributed by atoms with E-state index in [0.717, 1.165) is 29.7 Å². The summed E-state index contributed by atoms with van der Waals surface area (Å²) >= 11 is 0. The Labute approximate surface area is 125 Å². The molecule has 1 saturated heterocycles. The molecule has 0 amide bonds. The zero-order chi connectivity index (χ0) is 15.0. The van der Waals surface area contributed by atoms with Gasteiger partial charge in [0.2, 0.25) is 10.0 Å². The highest BCUT2D eigenvalue weighted by Gasteiger charge is 2.37. The Balaban J connectivity index is 2.03. The fraction of sp³-hybridized carbons (Fsp3) is 0.375. The SMILES string of the molecule is Cc1ccc(C)c(S(=O)(=O)N2CCCC2c2ccc[nH]2)c1. The van der Waals surface area contributed by atoms with E-state index in [1.165, 1.54) is 0 Å². The maximum absolute atomic E-state index is 13.0. The third-order valence-electron chi connectivity index (χ3n) is 4.11. The van der Waals surface area contributed by atoms with Gasteiger partial charge in [0, 0.05) is 18.4 Å². The number of benzene rings is 1. The van der Waals surface area contributed by atoms with E-state index < -0.39 is 10.0 Å². The van der Waals surface area contributed by atoms with Crippen LogP contribution in [0, 0.1) is 13.8 Å². The first kappa shape index (κ1) is 14.4. The molecule has 1 aromatic carbocycles. The van der Waals surface area contributed by atoms with Gasteiger partial charge in [-0.05, 0) is 56.0 Å². The summed E-state index contributed by atoms with van der Waals surface area (Å²) in [5, 5.41) is 0. The van der Waals surface area contributed by atoms with E-state index in [0.29, 0.717) is 11.4 Å². The molecule has 1 unspecified atom stereocenters.